The van der Waals surface area contributed by atoms with E-state index in [1.165, 1.54) is 12.1 Å². The Morgan fingerprint density at radius 3 is 2.62 bits per heavy atom. The summed E-state index contributed by atoms with van der Waals surface area (Å²) in [4.78, 5) is 4.29. The maximum atomic E-state index is 13.2. The van der Waals surface area contributed by atoms with Crippen LogP contribution in [0.25, 0.3) is 16.6 Å². The van der Waals surface area contributed by atoms with Crippen LogP contribution in [0.5, 0.6) is 5.75 Å². The summed E-state index contributed by atoms with van der Waals surface area (Å²) in [6, 6.07) is 18.5. The van der Waals surface area contributed by atoms with Gasteiger partial charge in [0, 0.05) is 29.5 Å². The normalized spacial score (nSPS) is 11.1. The lowest BCUT2D eigenvalue weighted by Crippen LogP contribution is -2.00. The van der Waals surface area contributed by atoms with Gasteiger partial charge < -0.3 is 14.6 Å². The smallest absolute Gasteiger partial charge is 0.144 e. The topological polar surface area (TPSA) is 56.9 Å². The van der Waals surface area contributed by atoms with E-state index in [1.54, 1.807) is 25.6 Å². The van der Waals surface area contributed by atoms with Gasteiger partial charge in [0.05, 0.1) is 37.1 Å². The van der Waals surface area contributed by atoms with Gasteiger partial charge >= 0.3 is 0 Å². The van der Waals surface area contributed by atoms with Crippen molar-refractivity contribution in [1.82, 2.24) is 19.3 Å². The Kier molecular flexibility index (Phi) is 5.07. The number of nitrogens with zero attached hydrogens (tertiary/aromatic N) is 4. The van der Waals surface area contributed by atoms with Crippen molar-refractivity contribution in [1.29, 1.82) is 0 Å². The summed E-state index contributed by atoms with van der Waals surface area (Å²) in [6.07, 6.45) is 5.73. The van der Waals surface area contributed by atoms with Crippen molar-refractivity contribution in [2.75, 3.05) is 12.4 Å². The lowest BCUT2D eigenvalue weighted by atomic mass is 10.2. The van der Waals surface area contributed by atoms with Crippen LogP contribution in [-0.2, 0) is 6.54 Å². The first-order valence-electron chi connectivity index (χ1n) is 10.3. The van der Waals surface area contributed by atoms with Crippen LogP contribution in [0.2, 0.25) is 0 Å². The quantitative estimate of drug-likeness (QED) is 0.390. The fourth-order valence-corrected chi connectivity index (χ4v) is 3.73. The predicted octanol–water partition coefficient (Wildman–Crippen LogP) is 5.47. The number of hydrogen-bond donors (Lipinski definition) is 1. The summed E-state index contributed by atoms with van der Waals surface area (Å²) in [5.74, 6) is 0.497. The molecule has 0 aliphatic rings. The molecule has 1 N–H and O–H groups in total. The maximum Gasteiger partial charge on any atom is 0.144 e. The van der Waals surface area contributed by atoms with E-state index in [0.29, 0.717) is 6.54 Å². The van der Waals surface area contributed by atoms with Gasteiger partial charge in [-0.2, -0.15) is 5.10 Å². The van der Waals surface area contributed by atoms with E-state index in [4.69, 9.17) is 9.84 Å². The van der Waals surface area contributed by atoms with Crippen LogP contribution < -0.4 is 10.1 Å². The van der Waals surface area contributed by atoms with Crippen LogP contribution in [0.15, 0.2) is 79.4 Å². The number of hydrogen-bond acceptors (Lipinski definition) is 4. The number of nitrogens with one attached hydrogen (secondary N) is 1. The molecule has 0 spiro atoms. The molecule has 0 aliphatic carbocycles. The van der Waals surface area contributed by atoms with Crippen LogP contribution in [0, 0.1) is 12.7 Å². The summed E-state index contributed by atoms with van der Waals surface area (Å²) in [7, 11) is 1.66. The van der Waals surface area contributed by atoms with E-state index in [1.807, 2.05) is 65.0 Å². The minimum atomic E-state index is -0.240. The zero-order valence-corrected chi connectivity index (χ0v) is 17.8. The van der Waals surface area contributed by atoms with Crippen LogP contribution in [-0.4, -0.2) is 26.4 Å². The van der Waals surface area contributed by atoms with Gasteiger partial charge in [0.25, 0.3) is 0 Å². The highest BCUT2D eigenvalue weighted by Gasteiger charge is 2.10. The molecule has 0 unspecified atom stereocenters. The molecule has 0 aliphatic heterocycles. The highest BCUT2D eigenvalue weighted by Crippen LogP contribution is 2.31. The summed E-state index contributed by atoms with van der Waals surface area (Å²) in [5.41, 5.74) is 5.50. The van der Waals surface area contributed by atoms with Crippen molar-refractivity contribution in [3.63, 3.8) is 0 Å². The van der Waals surface area contributed by atoms with Gasteiger partial charge in [-0.05, 0) is 42.8 Å². The molecule has 2 aromatic heterocycles. The second-order valence-corrected chi connectivity index (χ2v) is 7.63. The SMILES string of the molecule is COc1cc(Nc2cccc3cn(Cc4ccc(F)cc4)nc23)ccc1-n1cnc(C)c1. The lowest BCUT2D eigenvalue weighted by molar-refractivity contribution is 0.413. The van der Waals surface area contributed by atoms with E-state index in [0.717, 1.165) is 45.0 Å². The average Bonchev–Trinajstić information content (AvgIpc) is 3.41. The van der Waals surface area contributed by atoms with E-state index in [2.05, 4.69) is 10.3 Å². The first-order chi connectivity index (χ1) is 15.6. The third-order valence-corrected chi connectivity index (χ3v) is 5.29. The number of imidazole rings is 1. The first kappa shape index (κ1) is 19.8. The number of halogens is 1. The van der Waals surface area contributed by atoms with E-state index >= 15 is 0 Å². The van der Waals surface area contributed by atoms with Gasteiger partial charge in [-0.3, -0.25) is 4.68 Å². The molecule has 6 nitrogen and oxygen atoms in total. The number of ether oxygens (including phenoxy) is 1. The monoisotopic (exact) mass is 427 g/mol. The molecule has 0 saturated carbocycles. The number of methoxy groups -OCH3 is 1. The number of anilines is 2. The Morgan fingerprint density at radius 1 is 1.03 bits per heavy atom. The maximum absolute atomic E-state index is 13.2. The predicted molar refractivity (Wildman–Crippen MR) is 123 cm³/mol. The largest absolute Gasteiger partial charge is 0.494 e. The van der Waals surface area contributed by atoms with Gasteiger partial charge in [0.1, 0.15) is 17.1 Å². The standard InChI is InChI=1S/C25H22FN5O/c1-17-13-30(16-27-17)23-11-10-21(12-24(23)32-2)28-22-5-3-4-19-15-31(29-25(19)22)14-18-6-8-20(26)9-7-18/h3-13,15-16,28H,14H2,1-2H3. The van der Waals surface area contributed by atoms with E-state index in [-0.39, 0.29) is 5.82 Å². The fraction of sp³-hybridized carbons (Fsp3) is 0.120. The van der Waals surface area contributed by atoms with Gasteiger partial charge in [0.2, 0.25) is 0 Å². The molecule has 0 atom stereocenters. The fourth-order valence-electron chi connectivity index (χ4n) is 3.73. The van der Waals surface area contributed by atoms with Crippen molar-refractivity contribution in [2.45, 2.75) is 13.5 Å². The Labute approximate surface area is 184 Å². The lowest BCUT2D eigenvalue weighted by Gasteiger charge is -2.13. The van der Waals surface area contributed by atoms with Crippen molar-refractivity contribution < 1.29 is 9.13 Å². The van der Waals surface area contributed by atoms with Crippen LogP contribution in [0.4, 0.5) is 15.8 Å². The average molecular weight is 427 g/mol. The Bertz CT molecular complexity index is 1390. The Hall–Kier alpha value is -4.13. The molecule has 0 amide bonds. The number of aryl methyl sites for hydroxylation is 1. The number of rotatable bonds is 6. The third kappa shape index (κ3) is 3.92. The molecule has 2 heterocycles. The second-order valence-electron chi connectivity index (χ2n) is 7.63. The van der Waals surface area contributed by atoms with Crippen LogP contribution >= 0.6 is 0 Å². The molecular weight excluding hydrogens is 405 g/mol. The van der Waals surface area contributed by atoms with Gasteiger partial charge in [-0.15, -0.1) is 0 Å². The second kappa shape index (κ2) is 8.19. The Balaban J connectivity index is 1.43. The highest BCUT2D eigenvalue weighted by atomic mass is 19.1. The summed E-state index contributed by atoms with van der Waals surface area (Å²) < 4.78 is 22.6. The number of fused-ring (bicyclic) bond motifs is 1. The molecule has 0 radical (unpaired) electrons. The Morgan fingerprint density at radius 2 is 1.88 bits per heavy atom. The van der Waals surface area contributed by atoms with Crippen molar-refractivity contribution in [3.8, 4) is 11.4 Å². The minimum absolute atomic E-state index is 0.240. The molecule has 5 aromatic rings. The van der Waals surface area contributed by atoms with Crippen molar-refractivity contribution >= 4 is 22.3 Å². The third-order valence-electron chi connectivity index (χ3n) is 5.29. The van der Waals surface area contributed by atoms with Crippen LogP contribution in [0.3, 0.4) is 0 Å². The minimum Gasteiger partial charge on any atom is -0.494 e. The summed E-state index contributed by atoms with van der Waals surface area (Å²) in [5, 5.41) is 9.24. The molecule has 5 rings (SSSR count). The van der Waals surface area contributed by atoms with Crippen molar-refractivity contribution in [2.24, 2.45) is 0 Å². The van der Waals surface area contributed by atoms with E-state index < -0.39 is 0 Å². The molecule has 160 valence electrons. The zero-order chi connectivity index (χ0) is 22.1. The first-order valence-corrected chi connectivity index (χ1v) is 10.3. The number of benzene rings is 3. The molecule has 0 bridgehead atoms. The summed E-state index contributed by atoms with van der Waals surface area (Å²) >= 11 is 0. The van der Waals surface area contributed by atoms with Gasteiger partial charge in [-0.25, -0.2) is 9.37 Å². The van der Waals surface area contributed by atoms with Gasteiger partial charge in [-0.1, -0.05) is 24.3 Å². The molecule has 0 fully saturated rings. The molecule has 0 saturated heterocycles. The molecule has 32 heavy (non-hydrogen) atoms. The molecule has 7 heteroatoms. The zero-order valence-electron chi connectivity index (χ0n) is 17.8. The molecular formula is C25H22FN5O. The molecule has 3 aromatic carbocycles. The number of aromatic nitrogens is 4. The highest BCUT2D eigenvalue weighted by molar-refractivity contribution is 5.92. The van der Waals surface area contributed by atoms with E-state index in [9.17, 15) is 4.39 Å². The summed E-state index contributed by atoms with van der Waals surface area (Å²) in [6.45, 7) is 2.52. The van der Waals surface area contributed by atoms with Crippen LogP contribution in [0.1, 0.15) is 11.3 Å². The van der Waals surface area contributed by atoms with Crippen molar-refractivity contribution in [3.05, 3.63) is 96.5 Å². The van der Waals surface area contributed by atoms with Gasteiger partial charge in [0.15, 0.2) is 0 Å².